The van der Waals surface area contributed by atoms with Crippen LogP contribution in [-0.2, 0) is 0 Å². The number of nitrogens with zero attached hydrogens (tertiary/aromatic N) is 1. The Balaban J connectivity index is 2.14. The predicted octanol–water partition coefficient (Wildman–Crippen LogP) is 3.47. The van der Waals surface area contributed by atoms with Gasteiger partial charge in [-0.2, -0.15) is 0 Å². The molecule has 3 nitrogen and oxygen atoms in total. The summed E-state index contributed by atoms with van der Waals surface area (Å²) in [5.74, 6) is 0.877. The number of rotatable bonds is 2. The Morgan fingerprint density at radius 1 is 1.22 bits per heavy atom. The zero-order chi connectivity index (χ0) is 13.0. The smallest absolute Gasteiger partial charge is 0.253 e. The van der Waals surface area contributed by atoms with E-state index in [0.29, 0.717) is 0 Å². The van der Waals surface area contributed by atoms with Gasteiger partial charge in [0.15, 0.2) is 0 Å². The van der Waals surface area contributed by atoms with Gasteiger partial charge in [0.05, 0.1) is 11.6 Å². The first kappa shape index (κ1) is 13.4. The van der Waals surface area contributed by atoms with Crippen molar-refractivity contribution in [3.8, 4) is 5.75 Å². The van der Waals surface area contributed by atoms with Crippen molar-refractivity contribution < 1.29 is 9.53 Å². The SMILES string of the molecule is COc1ccc(C(=O)N2CCCCCC2)cc1Br. The highest BCUT2D eigenvalue weighted by molar-refractivity contribution is 9.10. The summed E-state index contributed by atoms with van der Waals surface area (Å²) < 4.78 is 6.00. The van der Waals surface area contributed by atoms with Crippen LogP contribution in [-0.4, -0.2) is 31.0 Å². The Kier molecular flexibility index (Phi) is 4.64. The molecule has 1 aliphatic rings. The third-order valence-corrected chi connectivity index (χ3v) is 3.91. The van der Waals surface area contributed by atoms with Gasteiger partial charge in [-0.05, 0) is 47.0 Å². The van der Waals surface area contributed by atoms with E-state index >= 15 is 0 Å². The summed E-state index contributed by atoms with van der Waals surface area (Å²) in [6.07, 6.45) is 4.69. The van der Waals surface area contributed by atoms with E-state index in [4.69, 9.17) is 4.74 Å². The molecule has 1 aromatic carbocycles. The molecular weight excluding hydrogens is 294 g/mol. The standard InChI is InChI=1S/C14H18BrNO2/c1-18-13-7-6-11(10-12(13)15)14(17)16-8-4-2-3-5-9-16/h6-7,10H,2-5,8-9H2,1H3. The molecule has 1 aromatic rings. The lowest BCUT2D eigenvalue weighted by Gasteiger charge is -2.20. The van der Waals surface area contributed by atoms with Crippen molar-refractivity contribution in [3.63, 3.8) is 0 Å². The number of hydrogen-bond donors (Lipinski definition) is 0. The number of methoxy groups -OCH3 is 1. The van der Waals surface area contributed by atoms with Gasteiger partial charge in [-0.1, -0.05) is 12.8 Å². The Morgan fingerprint density at radius 2 is 1.89 bits per heavy atom. The van der Waals surface area contributed by atoms with Crippen LogP contribution in [0.25, 0.3) is 0 Å². The van der Waals surface area contributed by atoms with Crippen LogP contribution in [0.5, 0.6) is 5.75 Å². The zero-order valence-corrected chi connectivity index (χ0v) is 12.2. The fourth-order valence-electron chi connectivity index (χ4n) is 2.26. The van der Waals surface area contributed by atoms with E-state index in [0.717, 1.165) is 41.7 Å². The van der Waals surface area contributed by atoms with Crippen molar-refractivity contribution >= 4 is 21.8 Å². The van der Waals surface area contributed by atoms with Crippen LogP contribution in [0.4, 0.5) is 0 Å². The molecule has 98 valence electrons. The number of hydrogen-bond acceptors (Lipinski definition) is 2. The molecule has 0 aliphatic carbocycles. The molecule has 1 saturated heterocycles. The highest BCUT2D eigenvalue weighted by atomic mass is 79.9. The first-order valence-corrected chi connectivity index (χ1v) is 7.14. The minimum absolute atomic E-state index is 0.125. The summed E-state index contributed by atoms with van der Waals surface area (Å²) in [5, 5.41) is 0. The first-order valence-electron chi connectivity index (χ1n) is 6.35. The molecule has 1 amide bonds. The van der Waals surface area contributed by atoms with Crippen molar-refractivity contribution in [1.29, 1.82) is 0 Å². The van der Waals surface area contributed by atoms with Crippen LogP contribution in [0.2, 0.25) is 0 Å². The lowest BCUT2D eigenvalue weighted by Crippen LogP contribution is -2.31. The van der Waals surface area contributed by atoms with E-state index in [2.05, 4.69) is 15.9 Å². The van der Waals surface area contributed by atoms with Crippen molar-refractivity contribution in [2.75, 3.05) is 20.2 Å². The van der Waals surface area contributed by atoms with Crippen molar-refractivity contribution in [3.05, 3.63) is 28.2 Å². The van der Waals surface area contributed by atoms with Gasteiger partial charge in [0.1, 0.15) is 5.75 Å². The van der Waals surface area contributed by atoms with Crippen molar-refractivity contribution in [2.24, 2.45) is 0 Å². The average molecular weight is 312 g/mol. The minimum atomic E-state index is 0.125. The molecule has 0 bridgehead atoms. The lowest BCUT2D eigenvalue weighted by molar-refractivity contribution is 0.0761. The van der Waals surface area contributed by atoms with Crippen LogP contribution < -0.4 is 4.74 Å². The first-order chi connectivity index (χ1) is 8.72. The van der Waals surface area contributed by atoms with Crippen LogP contribution >= 0.6 is 15.9 Å². The maximum atomic E-state index is 12.4. The maximum Gasteiger partial charge on any atom is 0.253 e. The molecule has 4 heteroatoms. The average Bonchev–Trinajstić information content (AvgIpc) is 2.66. The fraction of sp³-hybridized carbons (Fsp3) is 0.500. The highest BCUT2D eigenvalue weighted by Gasteiger charge is 2.18. The third-order valence-electron chi connectivity index (χ3n) is 3.29. The normalized spacial score (nSPS) is 16.2. The summed E-state index contributed by atoms with van der Waals surface area (Å²) in [7, 11) is 1.62. The van der Waals surface area contributed by atoms with E-state index in [1.807, 2.05) is 23.1 Å². The molecule has 18 heavy (non-hydrogen) atoms. The van der Waals surface area contributed by atoms with Crippen LogP contribution in [0.15, 0.2) is 22.7 Å². The Morgan fingerprint density at radius 3 is 2.44 bits per heavy atom. The monoisotopic (exact) mass is 311 g/mol. The van der Waals surface area contributed by atoms with Gasteiger partial charge in [0, 0.05) is 18.7 Å². The molecule has 0 radical (unpaired) electrons. The van der Waals surface area contributed by atoms with Gasteiger partial charge < -0.3 is 9.64 Å². The second kappa shape index (κ2) is 6.23. The highest BCUT2D eigenvalue weighted by Crippen LogP contribution is 2.26. The number of ether oxygens (including phenoxy) is 1. The number of halogens is 1. The van der Waals surface area contributed by atoms with Crippen molar-refractivity contribution in [2.45, 2.75) is 25.7 Å². The predicted molar refractivity (Wildman–Crippen MR) is 75.1 cm³/mol. The van der Waals surface area contributed by atoms with E-state index in [9.17, 15) is 4.79 Å². The lowest BCUT2D eigenvalue weighted by atomic mass is 10.2. The zero-order valence-electron chi connectivity index (χ0n) is 10.6. The molecule has 0 spiro atoms. The van der Waals surface area contributed by atoms with Crippen LogP contribution in [0.3, 0.4) is 0 Å². The van der Waals surface area contributed by atoms with Gasteiger partial charge in [-0.15, -0.1) is 0 Å². The van der Waals surface area contributed by atoms with Gasteiger partial charge in [-0.25, -0.2) is 0 Å². The molecule has 1 heterocycles. The number of benzene rings is 1. The Bertz CT molecular complexity index is 426. The van der Waals surface area contributed by atoms with Crippen LogP contribution in [0, 0.1) is 0 Å². The third kappa shape index (κ3) is 3.05. The molecule has 0 aromatic heterocycles. The minimum Gasteiger partial charge on any atom is -0.496 e. The molecule has 0 N–H and O–H groups in total. The molecule has 0 atom stereocenters. The Labute approximate surface area is 116 Å². The molecule has 0 unspecified atom stereocenters. The summed E-state index contributed by atoms with van der Waals surface area (Å²) in [6, 6.07) is 5.50. The van der Waals surface area contributed by atoms with Crippen molar-refractivity contribution in [1.82, 2.24) is 4.90 Å². The molecule has 2 rings (SSSR count). The summed E-state index contributed by atoms with van der Waals surface area (Å²) in [4.78, 5) is 14.3. The maximum absolute atomic E-state index is 12.4. The van der Waals surface area contributed by atoms with Gasteiger partial charge in [-0.3, -0.25) is 4.79 Å². The van der Waals surface area contributed by atoms with E-state index in [1.165, 1.54) is 12.8 Å². The number of carbonyl (C=O) groups excluding carboxylic acids is 1. The number of amides is 1. The second-order valence-electron chi connectivity index (χ2n) is 4.56. The van der Waals surface area contributed by atoms with Crippen LogP contribution in [0.1, 0.15) is 36.0 Å². The van der Waals surface area contributed by atoms with E-state index < -0.39 is 0 Å². The largest absolute Gasteiger partial charge is 0.496 e. The quantitative estimate of drug-likeness (QED) is 0.837. The molecule has 1 aliphatic heterocycles. The van der Waals surface area contributed by atoms with E-state index in [1.54, 1.807) is 7.11 Å². The second-order valence-corrected chi connectivity index (χ2v) is 5.41. The molecule has 0 saturated carbocycles. The fourth-order valence-corrected chi connectivity index (χ4v) is 2.80. The van der Waals surface area contributed by atoms with E-state index in [-0.39, 0.29) is 5.91 Å². The van der Waals surface area contributed by atoms with Gasteiger partial charge in [0.25, 0.3) is 5.91 Å². The number of carbonyl (C=O) groups is 1. The van der Waals surface area contributed by atoms with Gasteiger partial charge in [0.2, 0.25) is 0 Å². The number of likely N-dealkylation sites (tertiary alicyclic amines) is 1. The topological polar surface area (TPSA) is 29.5 Å². The van der Waals surface area contributed by atoms with Gasteiger partial charge >= 0.3 is 0 Å². The summed E-state index contributed by atoms with van der Waals surface area (Å²) >= 11 is 3.42. The summed E-state index contributed by atoms with van der Waals surface area (Å²) in [6.45, 7) is 1.75. The molecule has 1 fully saturated rings. The Hall–Kier alpha value is -1.03. The summed E-state index contributed by atoms with van der Waals surface area (Å²) in [5.41, 5.74) is 0.726. The molecular formula is C14H18BrNO2.